The summed E-state index contributed by atoms with van der Waals surface area (Å²) in [5.41, 5.74) is -0.211. The molecule has 25 heavy (non-hydrogen) atoms. The molecule has 1 aromatic rings. The van der Waals surface area contributed by atoms with Crippen molar-refractivity contribution in [1.82, 2.24) is 10.2 Å². The first kappa shape index (κ1) is 17.8. The Bertz CT molecular complexity index is 675. The molecule has 2 aliphatic heterocycles. The van der Waals surface area contributed by atoms with Gasteiger partial charge in [0.1, 0.15) is 11.6 Å². The van der Waals surface area contributed by atoms with Gasteiger partial charge in [-0.25, -0.2) is 9.18 Å². The van der Waals surface area contributed by atoms with E-state index in [9.17, 15) is 19.1 Å². The summed E-state index contributed by atoms with van der Waals surface area (Å²) in [5.74, 6) is -1.76. The van der Waals surface area contributed by atoms with Gasteiger partial charge in [-0.2, -0.15) is 0 Å². The monoisotopic (exact) mass is 372 g/mol. The second-order valence-electron chi connectivity index (χ2n) is 6.06. The Labute approximate surface area is 148 Å². The van der Waals surface area contributed by atoms with E-state index in [2.05, 4.69) is 5.32 Å². The van der Waals surface area contributed by atoms with E-state index in [-0.39, 0.29) is 28.8 Å². The number of benzene rings is 1. The molecule has 0 spiro atoms. The largest absolute Gasteiger partial charge is 0.506 e. The van der Waals surface area contributed by atoms with Crippen molar-refractivity contribution in [2.24, 2.45) is 0 Å². The molecule has 2 saturated heterocycles. The van der Waals surface area contributed by atoms with Crippen molar-refractivity contribution in [3.05, 3.63) is 28.5 Å². The number of carbonyl (C=O) groups excluding carboxylic acids is 2. The van der Waals surface area contributed by atoms with Crippen LogP contribution < -0.4 is 5.32 Å². The van der Waals surface area contributed by atoms with E-state index in [1.165, 1.54) is 0 Å². The van der Waals surface area contributed by atoms with Crippen LogP contribution in [0, 0.1) is 5.82 Å². The Morgan fingerprint density at radius 3 is 2.60 bits per heavy atom. The van der Waals surface area contributed by atoms with Crippen molar-refractivity contribution in [2.45, 2.75) is 25.0 Å². The number of hydrogen-bond acceptors (Lipinski definition) is 5. The molecule has 2 amide bonds. The fourth-order valence-electron chi connectivity index (χ4n) is 2.71. The predicted octanol–water partition coefficient (Wildman–Crippen LogP) is 1.91. The fourth-order valence-corrected chi connectivity index (χ4v) is 2.91. The minimum Gasteiger partial charge on any atom is -0.506 e. The summed E-state index contributed by atoms with van der Waals surface area (Å²) in [6.45, 7) is 1.73. The van der Waals surface area contributed by atoms with E-state index in [1.54, 1.807) is 4.90 Å². The molecule has 2 aliphatic rings. The smallest absolute Gasteiger partial charge is 0.410 e. The first-order chi connectivity index (χ1) is 11.9. The molecule has 9 heteroatoms. The van der Waals surface area contributed by atoms with Gasteiger partial charge in [-0.05, 0) is 25.0 Å². The molecule has 0 unspecified atom stereocenters. The van der Waals surface area contributed by atoms with Crippen molar-refractivity contribution >= 4 is 23.6 Å². The van der Waals surface area contributed by atoms with E-state index in [1.807, 2.05) is 0 Å². The third-order valence-corrected chi connectivity index (χ3v) is 4.52. The number of hydrogen-bond donors (Lipinski definition) is 2. The van der Waals surface area contributed by atoms with E-state index in [0.29, 0.717) is 39.1 Å². The molecule has 1 aromatic carbocycles. The topological polar surface area (TPSA) is 88.1 Å². The Hall–Kier alpha value is -2.06. The third kappa shape index (κ3) is 4.13. The van der Waals surface area contributed by atoms with Gasteiger partial charge < -0.3 is 24.8 Å². The Kier molecular flexibility index (Phi) is 5.29. The number of carbonyl (C=O) groups is 2. The van der Waals surface area contributed by atoms with E-state index < -0.39 is 17.5 Å². The molecule has 2 N–H and O–H groups in total. The van der Waals surface area contributed by atoms with Crippen LogP contribution in [0.2, 0.25) is 5.02 Å². The van der Waals surface area contributed by atoms with E-state index >= 15 is 0 Å². The molecule has 0 aliphatic carbocycles. The average Bonchev–Trinajstić information content (AvgIpc) is 2.54. The molecule has 136 valence electrons. The van der Waals surface area contributed by atoms with Gasteiger partial charge in [0.2, 0.25) is 0 Å². The molecule has 0 aromatic heterocycles. The molecule has 2 fully saturated rings. The zero-order valence-corrected chi connectivity index (χ0v) is 14.1. The van der Waals surface area contributed by atoms with Gasteiger partial charge in [-0.1, -0.05) is 11.6 Å². The average molecular weight is 373 g/mol. The second-order valence-corrected chi connectivity index (χ2v) is 6.47. The summed E-state index contributed by atoms with van der Waals surface area (Å²) in [7, 11) is 0. The Balaban J connectivity index is 1.52. The van der Waals surface area contributed by atoms with E-state index in [0.717, 1.165) is 12.1 Å². The van der Waals surface area contributed by atoms with Gasteiger partial charge in [-0.15, -0.1) is 0 Å². The van der Waals surface area contributed by atoms with Gasteiger partial charge in [0.15, 0.2) is 6.10 Å². The molecule has 7 nitrogen and oxygen atoms in total. The Morgan fingerprint density at radius 1 is 1.32 bits per heavy atom. The summed E-state index contributed by atoms with van der Waals surface area (Å²) in [5, 5.41) is 12.3. The zero-order valence-electron chi connectivity index (χ0n) is 13.3. The van der Waals surface area contributed by atoms with Crippen LogP contribution in [0.3, 0.4) is 0 Å². The van der Waals surface area contributed by atoms with Crippen LogP contribution in [-0.2, 0) is 9.47 Å². The van der Waals surface area contributed by atoms with Crippen LogP contribution in [-0.4, -0.2) is 60.5 Å². The first-order valence-electron chi connectivity index (χ1n) is 7.96. The summed E-state index contributed by atoms with van der Waals surface area (Å²) in [4.78, 5) is 25.8. The molecule has 0 bridgehead atoms. The summed E-state index contributed by atoms with van der Waals surface area (Å²) >= 11 is 5.68. The summed E-state index contributed by atoms with van der Waals surface area (Å²) in [6, 6.07) is 1.68. The lowest BCUT2D eigenvalue weighted by Crippen LogP contribution is -2.49. The third-order valence-electron chi connectivity index (χ3n) is 4.24. The number of amides is 2. The maximum atomic E-state index is 13.4. The maximum absolute atomic E-state index is 13.4. The van der Waals surface area contributed by atoms with Crippen LogP contribution in [0.4, 0.5) is 9.18 Å². The maximum Gasteiger partial charge on any atom is 0.410 e. The molecule has 2 heterocycles. The summed E-state index contributed by atoms with van der Waals surface area (Å²) in [6.07, 6.45) is 0.510. The van der Waals surface area contributed by atoms with Crippen molar-refractivity contribution in [2.75, 3.05) is 26.3 Å². The number of piperidine rings is 1. The molecule has 0 saturated carbocycles. The SMILES string of the molecule is O=C(NC1CCN(C(=O)OC2COC2)CC1)c1cc(F)cc(Cl)c1O. The van der Waals surface area contributed by atoms with Crippen molar-refractivity contribution < 1.29 is 28.6 Å². The van der Waals surface area contributed by atoms with Gasteiger partial charge >= 0.3 is 6.09 Å². The van der Waals surface area contributed by atoms with Gasteiger partial charge in [0, 0.05) is 19.1 Å². The van der Waals surface area contributed by atoms with Crippen molar-refractivity contribution in [3.63, 3.8) is 0 Å². The van der Waals surface area contributed by atoms with Crippen molar-refractivity contribution in [1.29, 1.82) is 0 Å². The summed E-state index contributed by atoms with van der Waals surface area (Å²) < 4.78 is 23.6. The highest BCUT2D eigenvalue weighted by Crippen LogP contribution is 2.28. The number of phenolic OH excluding ortho intramolecular Hbond substituents is 1. The minimum absolute atomic E-state index is 0.175. The standard InChI is InChI=1S/C16H18ClFN2O5/c17-13-6-9(18)5-12(14(13)21)15(22)19-10-1-3-20(4-2-10)16(23)25-11-7-24-8-11/h5-6,10-11,21H,1-4,7-8H2,(H,19,22). The highest BCUT2D eigenvalue weighted by molar-refractivity contribution is 6.32. The van der Waals surface area contributed by atoms with Gasteiger partial charge in [0.25, 0.3) is 5.91 Å². The number of aromatic hydroxyl groups is 1. The lowest BCUT2D eigenvalue weighted by molar-refractivity contribution is -0.105. The lowest BCUT2D eigenvalue weighted by atomic mass is 10.0. The molecule has 0 radical (unpaired) electrons. The quantitative estimate of drug-likeness (QED) is 0.846. The molecular weight excluding hydrogens is 355 g/mol. The highest BCUT2D eigenvalue weighted by Gasteiger charge is 2.29. The van der Waals surface area contributed by atoms with Crippen LogP contribution >= 0.6 is 11.6 Å². The van der Waals surface area contributed by atoms with E-state index in [4.69, 9.17) is 21.1 Å². The number of nitrogens with one attached hydrogen (secondary N) is 1. The van der Waals surface area contributed by atoms with Crippen LogP contribution in [0.1, 0.15) is 23.2 Å². The zero-order chi connectivity index (χ0) is 18.0. The lowest BCUT2D eigenvalue weighted by Gasteiger charge is -2.34. The predicted molar refractivity (Wildman–Crippen MR) is 86.2 cm³/mol. The first-order valence-corrected chi connectivity index (χ1v) is 8.34. The number of halogens is 2. The van der Waals surface area contributed by atoms with Crippen LogP contribution in [0.25, 0.3) is 0 Å². The molecule has 3 rings (SSSR count). The highest BCUT2D eigenvalue weighted by atomic mass is 35.5. The molecule has 0 atom stereocenters. The second kappa shape index (κ2) is 7.45. The van der Waals surface area contributed by atoms with Gasteiger partial charge in [-0.3, -0.25) is 4.79 Å². The number of ether oxygens (including phenoxy) is 2. The van der Waals surface area contributed by atoms with Gasteiger partial charge in [0.05, 0.1) is 23.8 Å². The minimum atomic E-state index is -0.703. The normalized spacial score (nSPS) is 18.6. The van der Waals surface area contributed by atoms with Crippen LogP contribution in [0.5, 0.6) is 5.75 Å². The van der Waals surface area contributed by atoms with Crippen molar-refractivity contribution in [3.8, 4) is 5.75 Å². The number of nitrogens with zero attached hydrogens (tertiary/aromatic N) is 1. The molecular formula is C16H18ClFN2O5. The Morgan fingerprint density at radius 2 is 2.00 bits per heavy atom. The number of phenols is 1. The number of likely N-dealkylation sites (tertiary alicyclic amines) is 1. The van der Waals surface area contributed by atoms with Crippen LogP contribution in [0.15, 0.2) is 12.1 Å². The number of rotatable bonds is 3. The fraction of sp³-hybridized carbons (Fsp3) is 0.500.